The Labute approximate surface area is 81.7 Å². The summed E-state index contributed by atoms with van der Waals surface area (Å²) in [5.41, 5.74) is 0. The zero-order valence-corrected chi connectivity index (χ0v) is 9.34. The number of hydrogen-bond acceptors (Lipinski definition) is 2. The van der Waals surface area contributed by atoms with Crippen LogP contribution in [0.1, 0.15) is 39.5 Å². The van der Waals surface area contributed by atoms with E-state index in [0.717, 1.165) is 18.9 Å². The van der Waals surface area contributed by atoms with Crippen LogP contribution >= 0.6 is 0 Å². The molecule has 0 aliphatic heterocycles. The highest BCUT2D eigenvalue weighted by molar-refractivity contribution is 5.78. The van der Waals surface area contributed by atoms with E-state index in [0.29, 0.717) is 0 Å². The molecule has 0 heterocycles. The summed E-state index contributed by atoms with van der Waals surface area (Å²) in [6, 6.07) is 0. The fourth-order valence-electron chi connectivity index (χ4n) is 0.814. The molecule has 0 N–H and O–H groups in total. The van der Waals surface area contributed by atoms with Gasteiger partial charge in [0.2, 0.25) is 0 Å². The lowest BCUT2D eigenvalue weighted by Crippen LogP contribution is -2.18. The summed E-state index contributed by atoms with van der Waals surface area (Å²) >= 11 is 0. The van der Waals surface area contributed by atoms with Crippen LogP contribution in [-0.2, 0) is 4.84 Å². The zero-order valence-electron chi connectivity index (χ0n) is 9.34. The fraction of sp³-hybridized carbons (Fsp3) is 0.900. The topological polar surface area (TPSA) is 24.8 Å². The van der Waals surface area contributed by atoms with Crippen molar-refractivity contribution in [1.29, 1.82) is 0 Å². The smallest absolute Gasteiger partial charge is 0.140 e. The molecule has 0 aromatic carbocycles. The van der Waals surface area contributed by atoms with E-state index in [9.17, 15) is 0 Å². The molecule has 3 heteroatoms. The first-order valence-corrected chi connectivity index (χ1v) is 5.02. The summed E-state index contributed by atoms with van der Waals surface area (Å²) < 4.78 is 0. The average molecular weight is 186 g/mol. The van der Waals surface area contributed by atoms with Gasteiger partial charge in [-0.1, -0.05) is 24.9 Å². The van der Waals surface area contributed by atoms with Gasteiger partial charge in [-0.15, -0.1) is 0 Å². The van der Waals surface area contributed by atoms with Gasteiger partial charge in [-0.05, 0) is 19.8 Å². The number of nitrogens with zero attached hydrogens (tertiary/aromatic N) is 2. The Bertz CT molecular complexity index is 144. The molecule has 0 aromatic rings. The lowest BCUT2D eigenvalue weighted by Gasteiger charge is -2.10. The highest BCUT2D eigenvalue weighted by atomic mass is 16.6. The lowest BCUT2D eigenvalue weighted by atomic mass is 10.2. The normalized spacial score (nSPS) is 11.5. The zero-order chi connectivity index (χ0) is 10.1. The van der Waals surface area contributed by atoms with Crippen LogP contribution in [0, 0.1) is 0 Å². The van der Waals surface area contributed by atoms with E-state index >= 15 is 0 Å². The minimum Gasteiger partial charge on any atom is -0.394 e. The number of unbranched alkanes of at least 4 members (excludes halogenated alkanes) is 3. The molecule has 0 saturated heterocycles. The van der Waals surface area contributed by atoms with Crippen LogP contribution in [0.25, 0.3) is 0 Å². The third kappa shape index (κ3) is 7.62. The van der Waals surface area contributed by atoms with E-state index in [1.165, 1.54) is 19.3 Å². The quantitative estimate of drug-likeness (QED) is 0.275. The van der Waals surface area contributed by atoms with Crippen LogP contribution in [0.3, 0.4) is 0 Å². The average Bonchev–Trinajstić information content (AvgIpc) is 2.10. The van der Waals surface area contributed by atoms with E-state index < -0.39 is 0 Å². The van der Waals surface area contributed by atoms with Crippen LogP contribution in [0.2, 0.25) is 0 Å². The summed E-state index contributed by atoms with van der Waals surface area (Å²) in [5, 5.41) is 3.96. The van der Waals surface area contributed by atoms with Gasteiger partial charge in [-0.3, -0.25) is 0 Å². The fourth-order valence-corrected chi connectivity index (χ4v) is 0.814. The summed E-state index contributed by atoms with van der Waals surface area (Å²) in [5.74, 6) is 0.912. The first-order valence-electron chi connectivity index (χ1n) is 5.02. The molecule has 0 unspecified atom stereocenters. The predicted molar refractivity (Wildman–Crippen MR) is 56.9 cm³/mol. The molecule has 0 aliphatic rings. The van der Waals surface area contributed by atoms with Gasteiger partial charge in [0.25, 0.3) is 0 Å². The van der Waals surface area contributed by atoms with Gasteiger partial charge in [-0.2, -0.15) is 0 Å². The van der Waals surface area contributed by atoms with Crippen molar-refractivity contribution in [2.45, 2.75) is 39.5 Å². The maximum atomic E-state index is 5.15. The second kappa shape index (κ2) is 7.90. The van der Waals surface area contributed by atoms with Crippen LogP contribution < -0.4 is 0 Å². The number of amidine groups is 1. The van der Waals surface area contributed by atoms with Crippen molar-refractivity contribution in [1.82, 2.24) is 4.90 Å². The lowest BCUT2D eigenvalue weighted by molar-refractivity contribution is 0.136. The minimum absolute atomic E-state index is 0.741. The molecule has 0 radical (unpaired) electrons. The molecule has 0 aliphatic carbocycles. The SMILES string of the molecule is CCCCCCO/N=C(\C)N(C)C. The third-order valence-electron chi connectivity index (χ3n) is 1.93. The first-order chi connectivity index (χ1) is 6.18. The Morgan fingerprint density at radius 1 is 1.23 bits per heavy atom. The van der Waals surface area contributed by atoms with E-state index in [2.05, 4.69) is 12.1 Å². The van der Waals surface area contributed by atoms with Gasteiger partial charge in [0, 0.05) is 14.1 Å². The molecule has 0 aromatic heterocycles. The highest BCUT2D eigenvalue weighted by Gasteiger charge is 1.92. The monoisotopic (exact) mass is 186 g/mol. The minimum atomic E-state index is 0.741. The maximum absolute atomic E-state index is 5.15. The first kappa shape index (κ1) is 12.3. The van der Waals surface area contributed by atoms with Crippen LogP contribution in [0.15, 0.2) is 5.16 Å². The molecule has 0 rings (SSSR count). The summed E-state index contributed by atoms with van der Waals surface area (Å²) in [4.78, 5) is 7.09. The molecule has 0 saturated carbocycles. The second-order valence-electron chi connectivity index (χ2n) is 3.43. The number of rotatable bonds is 6. The van der Waals surface area contributed by atoms with Gasteiger partial charge in [0.15, 0.2) is 0 Å². The van der Waals surface area contributed by atoms with Gasteiger partial charge >= 0.3 is 0 Å². The molecule has 0 spiro atoms. The van der Waals surface area contributed by atoms with E-state index in [1.807, 2.05) is 25.9 Å². The van der Waals surface area contributed by atoms with Crippen molar-refractivity contribution in [2.75, 3.05) is 20.7 Å². The van der Waals surface area contributed by atoms with Crippen molar-refractivity contribution < 1.29 is 4.84 Å². The highest BCUT2D eigenvalue weighted by Crippen LogP contribution is 1.99. The van der Waals surface area contributed by atoms with E-state index in [1.54, 1.807) is 0 Å². The van der Waals surface area contributed by atoms with Crippen molar-refractivity contribution in [3.8, 4) is 0 Å². The summed E-state index contributed by atoms with van der Waals surface area (Å²) in [6.07, 6.45) is 4.91. The Kier molecular flexibility index (Phi) is 7.45. The van der Waals surface area contributed by atoms with Gasteiger partial charge < -0.3 is 9.74 Å². The Morgan fingerprint density at radius 3 is 2.46 bits per heavy atom. The molecular weight excluding hydrogens is 164 g/mol. The molecule has 0 amide bonds. The Hall–Kier alpha value is -0.730. The Balaban J connectivity index is 3.29. The van der Waals surface area contributed by atoms with Crippen LogP contribution in [0.5, 0.6) is 0 Å². The molecule has 0 bridgehead atoms. The van der Waals surface area contributed by atoms with E-state index in [-0.39, 0.29) is 0 Å². The molecule has 0 atom stereocenters. The van der Waals surface area contributed by atoms with Gasteiger partial charge in [-0.25, -0.2) is 0 Å². The van der Waals surface area contributed by atoms with Crippen molar-refractivity contribution in [2.24, 2.45) is 5.16 Å². The molecule has 0 fully saturated rings. The molecular formula is C10H22N2O. The van der Waals surface area contributed by atoms with Gasteiger partial charge in [0.1, 0.15) is 12.4 Å². The van der Waals surface area contributed by atoms with Crippen LogP contribution in [0.4, 0.5) is 0 Å². The summed E-state index contributed by atoms with van der Waals surface area (Å²) in [6.45, 7) is 4.88. The maximum Gasteiger partial charge on any atom is 0.140 e. The summed E-state index contributed by atoms with van der Waals surface area (Å²) in [7, 11) is 3.92. The number of oxime groups is 1. The number of hydrogen-bond donors (Lipinski definition) is 0. The third-order valence-corrected chi connectivity index (χ3v) is 1.93. The van der Waals surface area contributed by atoms with Gasteiger partial charge in [0.05, 0.1) is 0 Å². The molecule has 13 heavy (non-hydrogen) atoms. The Morgan fingerprint density at radius 2 is 1.92 bits per heavy atom. The molecule has 78 valence electrons. The van der Waals surface area contributed by atoms with Crippen molar-refractivity contribution in [3.05, 3.63) is 0 Å². The van der Waals surface area contributed by atoms with Crippen LogP contribution in [-0.4, -0.2) is 31.4 Å². The van der Waals surface area contributed by atoms with Crippen molar-refractivity contribution in [3.63, 3.8) is 0 Å². The largest absolute Gasteiger partial charge is 0.394 e. The standard InChI is InChI=1S/C10H22N2O/c1-5-6-7-8-9-13-11-10(2)12(3)4/h5-9H2,1-4H3/b11-10+. The van der Waals surface area contributed by atoms with Crippen molar-refractivity contribution >= 4 is 5.84 Å². The predicted octanol–water partition coefficient (Wildman–Crippen LogP) is 2.48. The second-order valence-corrected chi connectivity index (χ2v) is 3.43. The molecule has 3 nitrogen and oxygen atoms in total. The van der Waals surface area contributed by atoms with E-state index in [4.69, 9.17) is 4.84 Å².